The summed E-state index contributed by atoms with van der Waals surface area (Å²) in [6.07, 6.45) is 9.38. The molecule has 2 N–H and O–H groups in total. The molecule has 0 aromatic carbocycles. The van der Waals surface area contributed by atoms with E-state index < -0.39 is 0 Å². The average Bonchev–Trinajstić information content (AvgIpc) is 2.41. The topological polar surface area (TPSA) is 29.3 Å². The maximum Gasteiger partial charge on any atom is 0.0331 e. The van der Waals surface area contributed by atoms with Crippen molar-refractivity contribution in [2.45, 2.75) is 71.3 Å². The molecule has 2 nitrogen and oxygen atoms in total. The van der Waals surface area contributed by atoms with Gasteiger partial charge in [-0.25, -0.2) is 0 Å². The van der Waals surface area contributed by atoms with Crippen molar-refractivity contribution in [2.75, 3.05) is 19.6 Å². The second kappa shape index (κ2) is 7.38. The Kier molecular flexibility index (Phi) is 6.50. The first kappa shape index (κ1) is 15.0. The number of rotatable bonds is 7. The van der Waals surface area contributed by atoms with E-state index in [9.17, 15) is 0 Å². The quantitative estimate of drug-likeness (QED) is 0.739. The van der Waals surface area contributed by atoms with Gasteiger partial charge in [0.05, 0.1) is 0 Å². The van der Waals surface area contributed by atoms with Gasteiger partial charge in [0, 0.05) is 18.6 Å². The molecular weight excluding hydrogens is 208 g/mol. The van der Waals surface area contributed by atoms with E-state index in [1.165, 1.54) is 51.5 Å². The van der Waals surface area contributed by atoms with Crippen LogP contribution in [0.4, 0.5) is 0 Å². The Morgan fingerprint density at radius 2 is 1.65 bits per heavy atom. The Bertz CT molecular complexity index is 193. The molecule has 1 fully saturated rings. The van der Waals surface area contributed by atoms with E-state index in [1.807, 2.05) is 0 Å². The molecule has 17 heavy (non-hydrogen) atoms. The maximum absolute atomic E-state index is 6.13. The Hall–Kier alpha value is -0.0800. The van der Waals surface area contributed by atoms with Crippen molar-refractivity contribution in [1.29, 1.82) is 0 Å². The van der Waals surface area contributed by atoms with Gasteiger partial charge in [0.15, 0.2) is 0 Å². The summed E-state index contributed by atoms with van der Waals surface area (Å²) < 4.78 is 0. The van der Waals surface area contributed by atoms with E-state index in [0.717, 1.165) is 19.0 Å². The van der Waals surface area contributed by atoms with Crippen LogP contribution in [0, 0.1) is 5.92 Å². The molecular formula is C15H32N2. The number of likely N-dealkylation sites (N-methyl/N-ethyl adjacent to an activating group) is 1. The third kappa shape index (κ3) is 3.69. The van der Waals surface area contributed by atoms with E-state index in [-0.39, 0.29) is 0 Å². The first-order valence-corrected chi connectivity index (χ1v) is 7.67. The fraction of sp³-hybridized carbons (Fsp3) is 1.00. The Morgan fingerprint density at radius 1 is 1.06 bits per heavy atom. The smallest absolute Gasteiger partial charge is 0.0331 e. The van der Waals surface area contributed by atoms with Gasteiger partial charge in [0.1, 0.15) is 0 Å². The predicted octanol–water partition coefficient (Wildman–Crippen LogP) is 3.41. The lowest BCUT2D eigenvalue weighted by atomic mass is 9.79. The highest BCUT2D eigenvalue weighted by Gasteiger charge is 2.36. The van der Waals surface area contributed by atoms with Crippen LogP contribution in [-0.2, 0) is 0 Å². The van der Waals surface area contributed by atoms with Crippen LogP contribution in [0.3, 0.4) is 0 Å². The summed E-state index contributed by atoms with van der Waals surface area (Å²) in [4.78, 5) is 2.70. The molecule has 0 saturated heterocycles. The molecule has 102 valence electrons. The number of hydrogen-bond donors (Lipinski definition) is 1. The van der Waals surface area contributed by atoms with Crippen molar-refractivity contribution in [3.63, 3.8) is 0 Å². The van der Waals surface area contributed by atoms with Crippen molar-refractivity contribution in [1.82, 2.24) is 4.90 Å². The summed E-state index contributed by atoms with van der Waals surface area (Å²) >= 11 is 0. The lowest BCUT2D eigenvalue weighted by molar-refractivity contribution is 0.0460. The van der Waals surface area contributed by atoms with Gasteiger partial charge < -0.3 is 5.73 Å². The molecule has 0 bridgehead atoms. The van der Waals surface area contributed by atoms with E-state index in [1.54, 1.807) is 0 Å². The lowest BCUT2D eigenvalue weighted by Crippen LogP contribution is -2.56. The van der Waals surface area contributed by atoms with Crippen LogP contribution < -0.4 is 5.73 Å². The Labute approximate surface area is 108 Å². The molecule has 2 heteroatoms. The molecule has 1 aliphatic carbocycles. The zero-order valence-electron chi connectivity index (χ0n) is 12.2. The lowest BCUT2D eigenvalue weighted by Gasteiger charge is -2.47. The molecule has 0 radical (unpaired) electrons. The molecule has 1 saturated carbocycles. The summed E-state index contributed by atoms with van der Waals surface area (Å²) in [7, 11) is 0. The molecule has 0 aromatic heterocycles. The first-order chi connectivity index (χ1) is 8.22. The Morgan fingerprint density at radius 3 is 2.06 bits per heavy atom. The molecule has 0 atom stereocenters. The van der Waals surface area contributed by atoms with Crippen LogP contribution in [0.2, 0.25) is 0 Å². The maximum atomic E-state index is 6.13. The van der Waals surface area contributed by atoms with Gasteiger partial charge >= 0.3 is 0 Å². The number of hydrogen-bond acceptors (Lipinski definition) is 2. The highest BCUT2D eigenvalue weighted by molar-refractivity contribution is 4.94. The highest BCUT2D eigenvalue weighted by Crippen LogP contribution is 2.33. The minimum atomic E-state index is 0.329. The van der Waals surface area contributed by atoms with Crippen LogP contribution in [0.5, 0.6) is 0 Å². The normalized spacial score (nSPS) is 20.1. The van der Waals surface area contributed by atoms with Crippen molar-refractivity contribution in [3.8, 4) is 0 Å². The zero-order chi connectivity index (χ0) is 12.7. The Balaban J connectivity index is 2.67. The molecule has 0 aromatic rings. The van der Waals surface area contributed by atoms with E-state index in [0.29, 0.717) is 5.54 Å². The van der Waals surface area contributed by atoms with Crippen LogP contribution in [0.15, 0.2) is 0 Å². The molecule has 1 aliphatic rings. The van der Waals surface area contributed by atoms with Crippen molar-refractivity contribution >= 4 is 0 Å². The van der Waals surface area contributed by atoms with Crippen LogP contribution >= 0.6 is 0 Å². The van der Waals surface area contributed by atoms with Crippen molar-refractivity contribution in [3.05, 3.63) is 0 Å². The van der Waals surface area contributed by atoms with Gasteiger partial charge in [-0.2, -0.15) is 0 Å². The minimum absolute atomic E-state index is 0.329. The largest absolute Gasteiger partial charge is 0.329 e. The molecule has 0 amide bonds. The number of nitrogens with two attached hydrogens (primary N) is 1. The summed E-state index contributed by atoms with van der Waals surface area (Å²) in [6, 6.07) is 0. The van der Waals surface area contributed by atoms with Crippen LogP contribution in [-0.4, -0.2) is 30.1 Å². The summed E-state index contributed by atoms with van der Waals surface area (Å²) in [5.41, 5.74) is 6.46. The highest BCUT2D eigenvalue weighted by atomic mass is 15.2. The van der Waals surface area contributed by atoms with Gasteiger partial charge in [-0.1, -0.05) is 52.9 Å². The predicted molar refractivity (Wildman–Crippen MR) is 76.2 cm³/mol. The SMILES string of the molecule is CCC(CC)CN(CC)C1(CN)CCCCC1. The summed E-state index contributed by atoms with van der Waals surface area (Å²) in [6.45, 7) is 10.2. The van der Waals surface area contributed by atoms with Crippen LogP contribution in [0.1, 0.15) is 65.7 Å². The fourth-order valence-corrected chi connectivity index (χ4v) is 3.38. The summed E-state index contributed by atoms with van der Waals surface area (Å²) in [5.74, 6) is 0.848. The van der Waals surface area contributed by atoms with Gasteiger partial charge in [-0.3, -0.25) is 4.90 Å². The standard InChI is InChI=1S/C15H32N2/c1-4-14(5-2)12-17(6-3)15(13-16)10-8-7-9-11-15/h14H,4-13,16H2,1-3H3. The molecule has 0 aliphatic heterocycles. The van der Waals surface area contributed by atoms with Gasteiger partial charge in [0.2, 0.25) is 0 Å². The van der Waals surface area contributed by atoms with Gasteiger partial charge in [-0.05, 0) is 25.3 Å². The van der Waals surface area contributed by atoms with E-state index >= 15 is 0 Å². The molecule has 0 unspecified atom stereocenters. The van der Waals surface area contributed by atoms with E-state index in [2.05, 4.69) is 25.7 Å². The third-order valence-corrected chi connectivity index (χ3v) is 4.85. The first-order valence-electron chi connectivity index (χ1n) is 7.67. The monoisotopic (exact) mass is 240 g/mol. The molecule has 1 rings (SSSR count). The second-order valence-electron chi connectivity index (χ2n) is 5.71. The molecule has 0 spiro atoms. The van der Waals surface area contributed by atoms with Crippen molar-refractivity contribution in [2.24, 2.45) is 11.7 Å². The average molecular weight is 240 g/mol. The van der Waals surface area contributed by atoms with E-state index in [4.69, 9.17) is 5.73 Å². The molecule has 0 heterocycles. The number of nitrogens with zero attached hydrogens (tertiary/aromatic N) is 1. The second-order valence-corrected chi connectivity index (χ2v) is 5.71. The van der Waals surface area contributed by atoms with Crippen molar-refractivity contribution < 1.29 is 0 Å². The zero-order valence-corrected chi connectivity index (χ0v) is 12.2. The third-order valence-electron chi connectivity index (χ3n) is 4.85. The summed E-state index contributed by atoms with van der Waals surface area (Å²) in [5, 5.41) is 0. The van der Waals surface area contributed by atoms with Crippen LogP contribution in [0.25, 0.3) is 0 Å². The van der Waals surface area contributed by atoms with Gasteiger partial charge in [0.25, 0.3) is 0 Å². The van der Waals surface area contributed by atoms with Gasteiger partial charge in [-0.15, -0.1) is 0 Å². The minimum Gasteiger partial charge on any atom is -0.329 e. The fourth-order valence-electron chi connectivity index (χ4n) is 3.38.